The van der Waals surface area contributed by atoms with Crippen LogP contribution in [0.5, 0.6) is 0 Å². The summed E-state index contributed by atoms with van der Waals surface area (Å²) in [6, 6.07) is 1.87. The lowest BCUT2D eigenvalue weighted by Crippen LogP contribution is -2.43. The number of rotatable bonds is 7. The van der Waals surface area contributed by atoms with E-state index in [9.17, 15) is 14.4 Å². The van der Waals surface area contributed by atoms with E-state index in [1.807, 2.05) is 13.0 Å². The molecule has 1 atom stereocenters. The van der Waals surface area contributed by atoms with Gasteiger partial charge in [0.05, 0.1) is 20.3 Å². The molecule has 1 amide bonds. The van der Waals surface area contributed by atoms with E-state index in [-0.39, 0.29) is 13.1 Å². The van der Waals surface area contributed by atoms with E-state index in [0.29, 0.717) is 12.8 Å². The van der Waals surface area contributed by atoms with Crippen molar-refractivity contribution in [1.29, 1.82) is 5.26 Å². The van der Waals surface area contributed by atoms with Crippen LogP contribution in [0.2, 0.25) is 0 Å². The molecule has 106 valence electrons. The Morgan fingerprint density at radius 2 is 1.63 bits per heavy atom. The highest BCUT2D eigenvalue weighted by molar-refractivity contribution is 5.88. The topological polar surface area (TPSA) is 96.7 Å². The zero-order valence-corrected chi connectivity index (χ0v) is 11.3. The van der Waals surface area contributed by atoms with Gasteiger partial charge in [0.2, 0.25) is 5.91 Å². The molecule has 0 heterocycles. The number of nitriles is 1. The van der Waals surface area contributed by atoms with Crippen LogP contribution in [0.1, 0.15) is 19.8 Å². The number of carbonyl (C=O) groups is 3. The average Bonchev–Trinajstić information content (AvgIpc) is 2.42. The van der Waals surface area contributed by atoms with Gasteiger partial charge in [-0.1, -0.05) is 13.3 Å². The van der Waals surface area contributed by atoms with Gasteiger partial charge in [-0.05, 0) is 6.42 Å². The summed E-state index contributed by atoms with van der Waals surface area (Å²) in [7, 11) is 2.36. The molecule has 0 fully saturated rings. The molecule has 0 aromatic carbocycles. The molecule has 0 saturated carbocycles. The minimum atomic E-state index is -0.876. The molecule has 0 rings (SSSR count). The lowest BCUT2D eigenvalue weighted by atomic mass is 10.0. The van der Waals surface area contributed by atoms with Gasteiger partial charge >= 0.3 is 11.9 Å². The van der Waals surface area contributed by atoms with E-state index in [1.165, 1.54) is 14.2 Å². The Kier molecular flexibility index (Phi) is 7.93. The van der Waals surface area contributed by atoms with Gasteiger partial charge in [0.25, 0.3) is 0 Å². The maximum Gasteiger partial charge on any atom is 0.325 e. The Labute approximate surface area is 112 Å². The van der Waals surface area contributed by atoms with Crippen molar-refractivity contribution in [2.24, 2.45) is 5.92 Å². The fourth-order valence-electron chi connectivity index (χ4n) is 1.40. The average molecular weight is 270 g/mol. The molecule has 0 aromatic rings. The summed E-state index contributed by atoms with van der Waals surface area (Å²) in [4.78, 5) is 35.5. The molecule has 19 heavy (non-hydrogen) atoms. The Bertz CT molecular complexity index is 357. The molecular weight excluding hydrogens is 252 g/mol. The first-order valence-electron chi connectivity index (χ1n) is 5.82. The Morgan fingerprint density at radius 3 is 1.95 bits per heavy atom. The number of methoxy groups -OCH3 is 2. The zero-order chi connectivity index (χ0) is 14.8. The Balaban J connectivity index is 4.89. The van der Waals surface area contributed by atoms with Crippen molar-refractivity contribution in [3.63, 3.8) is 0 Å². The van der Waals surface area contributed by atoms with Crippen LogP contribution in [0.4, 0.5) is 0 Å². The van der Waals surface area contributed by atoms with E-state index >= 15 is 0 Å². The second-order valence-electron chi connectivity index (χ2n) is 3.82. The van der Waals surface area contributed by atoms with Gasteiger partial charge in [-0.3, -0.25) is 14.4 Å². The van der Waals surface area contributed by atoms with Gasteiger partial charge in [0.15, 0.2) is 0 Å². The van der Waals surface area contributed by atoms with E-state index in [2.05, 4.69) is 9.47 Å². The first-order valence-corrected chi connectivity index (χ1v) is 5.82. The predicted octanol–water partition coefficient (Wildman–Crippen LogP) is 0.101. The van der Waals surface area contributed by atoms with Gasteiger partial charge in [0, 0.05) is 0 Å². The summed E-state index contributed by atoms with van der Waals surface area (Å²) in [6.07, 6.45) is 1.02. The van der Waals surface area contributed by atoms with E-state index in [1.54, 1.807) is 0 Å². The van der Waals surface area contributed by atoms with Crippen LogP contribution >= 0.6 is 0 Å². The summed E-state index contributed by atoms with van der Waals surface area (Å²) in [5.74, 6) is -2.77. The van der Waals surface area contributed by atoms with Crippen LogP contribution in [0.25, 0.3) is 0 Å². The number of nitrogens with zero attached hydrogens (tertiary/aromatic N) is 2. The molecule has 1 unspecified atom stereocenters. The minimum Gasteiger partial charge on any atom is -0.468 e. The second-order valence-corrected chi connectivity index (χ2v) is 3.82. The van der Waals surface area contributed by atoms with Crippen molar-refractivity contribution in [3.8, 4) is 6.07 Å². The van der Waals surface area contributed by atoms with Crippen molar-refractivity contribution < 1.29 is 23.9 Å². The van der Waals surface area contributed by atoms with Crippen LogP contribution in [0, 0.1) is 17.2 Å². The maximum absolute atomic E-state index is 12.1. The molecule has 0 radical (unpaired) electrons. The third kappa shape index (κ3) is 5.86. The Hall–Kier alpha value is -2.10. The summed E-state index contributed by atoms with van der Waals surface area (Å²) in [5, 5.41) is 8.93. The molecule has 7 heteroatoms. The van der Waals surface area contributed by atoms with Crippen molar-refractivity contribution in [2.75, 3.05) is 27.3 Å². The molecule has 7 nitrogen and oxygen atoms in total. The summed E-state index contributed by atoms with van der Waals surface area (Å²) in [5.41, 5.74) is 0. The van der Waals surface area contributed by atoms with Crippen LogP contribution in [0.3, 0.4) is 0 Å². The van der Waals surface area contributed by atoms with Gasteiger partial charge < -0.3 is 14.4 Å². The standard InChI is InChI=1S/C12H18N2O5/c1-4-5-9(6-13)12(17)14(7-10(15)18-2)8-11(16)19-3/h9H,4-5,7-8H2,1-3H3. The van der Waals surface area contributed by atoms with E-state index in [4.69, 9.17) is 5.26 Å². The molecule has 0 aromatic heterocycles. The van der Waals surface area contributed by atoms with Crippen LogP contribution in [-0.4, -0.2) is 50.1 Å². The third-order valence-corrected chi connectivity index (χ3v) is 2.44. The number of ether oxygens (including phenoxy) is 2. The van der Waals surface area contributed by atoms with Crippen molar-refractivity contribution >= 4 is 17.8 Å². The fourth-order valence-corrected chi connectivity index (χ4v) is 1.40. The molecule has 0 N–H and O–H groups in total. The van der Waals surface area contributed by atoms with Crippen molar-refractivity contribution in [3.05, 3.63) is 0 Å². The van der Waals surface area contributed by atoms with Gasteiger partial charge in [-0.25, -0.2) is 0 Å². The fraction of sp³-hybridized carbons (Fsp3) is 0.667. The lowest BCUT2D eigenvalue weighted by Gasteiger charge is -2.22. The van der Waals surface area contributed by atoms with Crippen LogP contribution in [0.15, 0.2) is 0 Å². The summed E-state index contributed by atoms with van der Waals surface area (Å²) < 4.78 is 8.90. The summed E-state index contributed by atoms with van der Waals surface area (Å²) >= 11 is 0. The van der Waals surface area contributed by atoms with Gasteiger partial charge in [-0.15, -0.1) is 0 Å². The summed E-state index contributed by atoms with van der Waals surface area (Å²) in [6.45, 7) is 1.07. The molecule has 0 saturated heterocycles. The maximum atomic E-state index is 12.1. The van der Waals surface area contributed by atoms with Crippen LogP contribution in [-0.2, 0) is 23.9 Å². The van der Waals surface area contributed by atoms with Gasteiger partial charge in [0.1, 0.15) is 19.0 Å². The monoisotopic (exact) mass is 270 g/mol. The first-order chi connectivity index (χ1) is 8.99. The highest BCUT2D eigenvalue weighted by Crippen LogP contribution is 2.10. The van der Waals surface area contributed by atoms with E-state index < -0.39 is 23.8 Å². The molecular formula is C12H18N2O5. The van der Waals surface area contributed by atoms with Crippen molar-refractivity contribution in [1.82, 2.24) is 4.90 Å². The third-order valence-electron chi connectivity index (χ3n) is 2.44. The highest BCUT2D eigenvalue weighted by Gasteiger charge is 2.27. The number of carbonyl (C=O) groups excluding carboxylic acids is 3. The SMILES string of the molecule is CCCC(C#N)C(=O)N(CC(=O)OC)CC(=O)OC. The lowest BCUT2D eigenvalue weighted by molar-refractivity contribution is -0.153. The quantitative estimate of drug-likeness (QED) is 0.609. The first kappa shape index (κ1) is 16.9. The van der Waals surface area contributed by atoms with Gasteiger partial charge in [-0.2, -0.15) is 5.26 Å². The molecule has 0 aliphatic rings. The van der Waals surface area contributed by atoms with Crippen molar-refractivity contribution in [2.45, 2.75) is 19.8 Å². The zero-order valence-electron chi connectivity index (χ0n) is 11.3. The van der Waals surface area contributed by atoms with Crippen LogP contribution < -0.4 is 0 Å². The van der Waals surface area contributed by atoms with E-state index in [0.717, 1.165) is 4.90 Å². The largest absolute Gasteiger partial charge is 0.468 e. The molecule has 0 aliphatic carbocycles. The smallest absolute Gasteiger partial charge is 0.325 e. The highest BCUT2D eigenvalue weighted by atomic mass is 16.5. The minimum absolute atomic E-state index is 0.369. The Morgan fingerprint density at radius 1 is 1.16 bits per heavy atom. The second kappa shape index (κ2) is 8.91. The normalized spacial score (nSPS) is 11.1. The number of hydrogen-bond acceptors (Lipinski definition) is 6. The number of esters is 2. The predicted molar refractivity (Wildman–Crippen MR) is 64.6 cm³/mol. The molecule has 0 aliphatic heterocycles. The number of amides is 1. The molecule has 0 spiro atoms. The molecule has 0 bridgehead atoms. The number of hydrogen-bond donors (Lipinski definition) is 0.